The van der Waals surface area contributed by atoms with E-state index in [-0.39, 0.29) is 12.5 Å². The molecule has 1 amide bonds. The minimum absolute atomic E-state index is 0.252. The summed E-state index contributed by atoms with van der Waals surface area (Å²) in [4.78, 5) is 11.9. The molecule has 1 aromatic rings. The number of rotatable bonds is 7. The van der Waals surface area contributed by atoms with Gasteiger partial charge in [0.05, 0.1) is 19.8 Å². The Morgan fingerprint density at radius 1 is 1.42 bits per heavy atom. The molecule has 0 radical (unpaired) electrons. The topological polar surface area (TPSA) is 93.8 Å². The maximum atomic E-state index is 11.9. The number of aliphatic hydroxyl groups excluding tert-OH is 1. The van der Waals surface area contributed by atoms with Crippen LogP contribution in [-0.2, 0) is 4.74 Å². The minimum Gasteiger partial charge on any atom is -0.497 e. The Bertz CT molecular complexity index is 423. The molecule has 0 heterocycles. The molecule has 0 aromatic heterocycles. The van der Waals surface area contributed by atoms with Gasteiger partial charge in [-0.2, -0.15) is 0 Å². The predicted molar refractivity (Wildman–Crippen MR) is 72.2 cm³/mol. The number of carbonyl (C=O) groups excluding carboxylic acids is 1. The van der Waals surface area contributed by atoms with Gasteiger partial charge in [0.1, 0.15) is 5.75 Å². The van der Waals surface area contributed by atoms with E-state index in [9.17, 15) is 9.90 Å². The Morgan fingerprint density at radius 2 is 2.16 bits per heavy atom. The van der Waals surface area contributed by atoms with Gasteiger partial charge < -0.3 is 25.6 Å². The van der Waals surface area contributed by atoms with Crippen molar-refractivity contribution in [2.45, 2.75) is 12.5 Å². The van der Waals surface area contributed by atoms with E-state index in [1.807, 2.05) is 0 Å². The Morgan fingerprint density at radius 3 is 2.79 bits per heavy atom. The summed E-state index contributed by atoms with van der Waals surface area (Å²) in [5, 5.41) is 12.1. The number of amides is 1. The molecule has 1 aromatic carbocycles. The molecule has 0 saturated heterocycles. The lowest BCUT2D eigenvalue weighted by Gasteiger charge is -2.11. The fourth-order valence-electron chi connectivity index (χ4n) is 1.60. The van der Waals surface area contributed by atoms with E-state index in [1.54, 1.807) is 18.2 Å². The summed E-state index contributed by atoms with van der Waals surface area (Å²) in [7, 11) is 3.03. The van der Waals surface area contributed by atoms with Crippen LogP contribution in [0.4, 0.5) is 5.69 Å². The zero-order chi connectivity index (χ0) is 14.3. The van der Waals surface area contributed by atoms with Gasteiger partial charge in [-0.1, -0.05) is 0 Å². The van der Waals surface area contributed by atoms with Crippen LogP contribution in [0.15, 0.2) is 18.2 Å². The van der Waals surface area contributed by atoms with E-state index in [2.05, 4.69) is 5.32 Å². The van der Waals surface area contributed by atoms with Gasteiger partial charge in [-0.25, -0.2) is 0 Å². The molecule has 0 spiro atoms. The molecule has 1 unspecified atom stereocenters. The molecule has 1 rings (SSSR count). The molecule has 0 fully saturated rings. The first kappa shape index (κ1) is 15.3. The monoisotopic (exact) mass is 268 g/mol. The van der Waals surface area contributed by atoms with E-state index < -0.39 is 6.10 Å². The van der Waals surface area contributed by atoms with E-state index in [0.29, 0.717) is 30.0 Å². The fraction of sp³-hybridized carbons (Fsp3) is 0.462. The lowest BCUT2D eigenvalue weighted by atomic mass is 10.1. The summed E-state index contributed by atoms with van der Waals surface area (Å²) >= 11 is 0. The number of carbonyl (C=O) groups is 1. The predicted octanol–water partition coefficient (Wildman–Crippen LogP) is 0.405. The van der Waals surface area contributed by atoms with Gasteiger partial charge in [-0.3, -0.25) is 4.79 Å². The molecule has 4 N–H and O–H groups in total. The Labute approximate surface area is 112 Å². The summed E-state index contributed by atoms with van der Waals surface area (Å²) in [6.45, 7) is 0.614. The van der Waals surface area contributed by atoms with Gasteiger partial charge in [0.25, 0.3) is 5.91 Å². The largest absolute Gasteiger partial charge is 0.497 e. The fourth-order valence-corrected chi connectivity index (χ4v) is 1.60. The second-order valence-corrected chi connectivity index (χ2v) is 4.15. The summed E-state index contributed by atoms with van der Waals surface area (Å²) in [6.07, 6.45) is -0.153. The lowest BCUT2D eigenvalue weighted by Crippen LogP contribution is -2.28. The lowest BCUT2D eigenvalue weighted by molar-refractivity contribution is 0.0587. The van der Waals surface area contributed by atoms with Crippen LogP contribution in [0.2, 0.25) is 0 Å². The highest BCUT2D eigenvalue weighted by molar-refractivity contribution is 5.95. The Kier molecular flexibility index (Phi) is 6.11. The third kappa shape index (κ3) is 5.15. The van der Waals surface area contributed by atoms with E-state index in [4.69, 9.17) is 15.2 Å². The van der Waals surface area contributed by atoms with Crippen LogP contribution in [-0.4, -0.2) is 44.5 Å². The number of anilines is 1. The molecular formula is C13H20N2O4. The quantitative estimate of drug-likeness (QED) is 0.622. The first-order valence-corrected chi connectivity index (χ1v) is 5.96. The van der Waals surface area contributed by atoms with Crippen molar-refractivity contribution in [2.75, 3.05) is 33.1 Å². The zero-order valence-corrected chi connectivity index (χ0v) is 11.2. The second kappa shape index (κ2) is 7.60. The molecule has 19 heavy (non-hydrogen) atoms. The third-order valence-electron chi connectivity index (χ3n) is 2.55. The Hall–Kier alpha value is -1.79. The number of methoxy groups -OCH3 is 2. The SMILES string of the molecule is COCC(O)CCNC(=O)c1cc(N)cc(OC)c1. The highest BCUT2D eigenvalue weighted by Gasteiger charge is 2.09. The number of nitrogens with two attached hydrogens (primary N) is 1. The number of hydrogen-bond acceptors (Lipinski definition) is 5. The van der Waals surface area contributed by atoms with Crippen molar-refractivity contribution in [1.82, 2.24) is 5.32 Å². The van der Waals surface area contributed by atoms with Crippen LogP contribution in [0.5, 0.6) is 5.75 Å². The zero-order valence-electron chi connectivity index (χ0n) is 11.2. The summed E-state index contributed by atoms with van der Waals surface area (Å²) in [5.41, 5.74) is 6.56. The number of ether oxygens (including phenoxy) is 2. The molecular weight excluding hydrogens is 248 g/mol. The molecule has 6 heteroatoms. The average molecular weight is 268 g/mol. The smallest absolute Gasteiger partial charge is 0.251 e. The third-order valence-corrected chi connectivity index (χ3v) is 2.55. The Balaban J connectivity index is 2.51. The molecule has 0 aliphatic heterocycles. The van der Waals surface area contributed by atoms with Crippen LogP contribution >= 0.6 is 0 Å². The van der Waals surface area contributed by atoms with Gasteiger partial charge >= 0.3 is 0 Å². The summed E-state index contributed by atoms with van der Waals surface area (Å²) in [5.74, 6) is 0.278. The van der Waals surface area contributed by atoms with Gasteiger partial charge in [0.2, 0.25) is 0 Å². The first-order chi connectivity index (χ1) is 9.06. The van der Waals surface area contributed by atoms with Gasteiger partial charge in [0.15, 0.2) is 0 Å². The molecule has 0 aliphatic rings. The number of benzene rings is 1. The number of hydrogen-bond donors (Lipinski definition) is 3. The first-order valence-electron chi connectivity index (χ1n) is 5.96. The molecule has 0 aliphatic carbocycles. The van der Waals surface area contributed by atoms with E-state index >= 15 is 0 Å². The normalized spacial score (nSPS) is 11.9. The highest BCUT2D eigenvalue weighted by atomic mass is 16.5. The van der Waals surface area contributed by atoms with Crippen molar-refractivity contribution in [3.63, 3.8) is 0 Å². The van der Waals surface area contributed by atoms with Crippen LogP contribution in [0.25, 0.3) is 0 Å². The van der Waals surface area contributed by atoms with Crippen LogP contribution in [0, 0.1) is 0 Å². The van der Waals surface area contributed by atoms with Gasteiger partial charge in [-0.05, 0) is 18.6 Å². The van der Waals surface area contributed by atoms with Crippen molar-refractivity contribution in [3.8, 4) is 5.75 Å². The minimum atomic E-state index is -0.583. The van der Waals surface area contributed by atoms with E-state index in [1.165, 1.54) is 14.2 Å². The number of nitrogens with one attached hydrogen (secondary N) is 1. The van der Waals surface area contributed by atoms with Crippen LogP contribution in [0.3, 0.4) is 0 Å². The molecule has 0 saturated carbocycles. The second-order valence-electron chi connectivity index (χ2n) is 4.15. The van der Waals surface area contributed by atoms with Crippen molar-refractivity contribution in [2.24, 2.45) is 0 Å². The summed E-state index contributed by atoms with van der Waals surface area (Å²) < 4.78 is 9.84. The van der Waals surface area contributed by atoms with Crippen LogP contribution < -0.4 is 15.8 Å². The van der Waals surface area contributed by atoms with Gasteiger partial charge in [-0.15, -0.1) is 0 Å². The molecule has 6 nitrogen and oxygen atoms in total. The van der Waals surface area contributed by atoms with E-state index in [0.717, 1.165) is 0 Å². The van der Waals surface area contributed by atoms with Crippen molar-refractivity contribution in [1.29, 1.82) is 0 Å². The molecule has 1 atom stereocenters. The number of nitrogen functional groups attached to an aromatic ring is 1. The maximum absolute atomic E-state index is 11.9. The highest BCUT2D eigenvalue weighted by Crippen LogP contribution is 2.18. The maximum Gasteiger partial charge on any atom is 0.251 e. The molecule has 0 bridgehead atoms. The van der Waals surface area contributed by atoms with Crippen molar-refractivity contribution >= 4 is 11.6 Å². The van der Waals surface area contributed by atoms with Crippen molar-refractivity contribution in [3.05, 3.63) is 23.8 Å². The molecule has 106 valence electrons. The standard InChI is InChI=1S/C13H20N2O4/c1-18-8-11(16)3-4-15-13(17)9-5-10(14)7-12(6-9)19-2/h5-7,11,16H,3-4,8,14H2,1-2H3,(H,15,17). The summed E-state index contributed by atoms with van der Waals surface area (Å²) in [6, 6.07) is 4.82. The van der Waals surface area contributed by atoms with Gasteiger partial charge in [0, 0.05) is 31.0 Å². The van der Waals surface area contributed by atoms with Crippen molar-refractivity contribution < 1.29 is 19.4 Å². The average Bonchev–Trinajstić information content (AvgIpc) is 2.38. The number of aliphatic hydroxyl groups is 1. The van der Waals surface area contributed by atoms with Crippen LogP contribution in [0.1, 0.15) is 16.8 Å².